The summed E-state index contributed by atoms with van der Waals surface area (Å²) in [5.41, 5.74) is 0.141. The maximum Gasteiger partial charge on any atom is 0.316 e. The number of hydrogen-bond acceptors (Lipinski definition) is 15. The van der Waals surface area contributed by atoms with Crippen molar-refractivity contribution < 1.29 is 67.5 Å². The Kier molecular flexibility index (Phi) is 16.7. The first-order valence-corrected chi connectivity index (χ1v) is 24.1. The van der Waals surface area contributed by atoms with E-state index < -0.39 is 72.5 Å². The van der Waals surface area contributed by atoms with E-state index in [4.69, 9.17) is 47.4 Å². The zero-order valence-electron chi connectivity index (χ0n) is 40.1. The number of methoxy groups -OCH3 is 2. The van der Waals surface area contributed by atoms with Gasteiger partial charge in [0.15, 0.2) is 18.4 Å². The summed E-state index contributed by atoms with van der Waals surface area (Å²) in [7, 11) is 3.34. The number of nitrogens with one attached hydrogen (secondary N) is 1. The van der Waals surface area contributed by atoms with Gasteiger partial charge in [-0.1, -0.05) is 70.6 Å². The molecule has 1 unspecified atom stereocenters. The molecular weight excluding hydrogens is 839 g/mol. The molecule has 6 heterocycles. The van der Waals surface area contributed by atoms with Gasteiger partial charge in [-0.2, -0.15) is 0 Å². The number of esters is 1. The number of allylic oxidation sites excluding steroid dienone is 2. The molecule has 0 aromatic heterocycles. The number of carbonyl (C=O) groups is 1. The van der Waals surface area contributed by atoms with Gasteiger partial charge in [0, 0.05) is 58.3 Å². The molecule has 0 aromatic carbocycles. The molecule has 0 radical (unpaired) electrons. The molecule has 0 aromatic rings. The second kappa shape index (κ2) is 21.5. The Balaban J connectivity index is 1.16. The van der Waals surface area contributed by atoms with Crippen LogP contribution in [0.4, 0.5) is 0 Å². The molecule has 7 rings (SSSR count). The van der Waals surface area contributed by atoms with E-state index in [9.17, 15) is 20.1 Å². The first-order valence-electron chi connectivity index (χ1n) is 24.1. The molecule has 15 heteroatoms. The summed E-state index contributed by atoms with van der Waals surface area (Å²) < 4.78 is 64.6. The van der Waals surface area contributed by atoms with E-state index in [1.54, 1.807) is 33.3 Å². The molecule has 7 aliphatic rings. The highest BCUT2D eigenvalue weighted by Crippen LogP contribution is 2.47. The minimum absolute atomic E-state index is 0.0167. The molecule has 1 aliphatic carbocycles. The summed E-state index contributed by atoms with van der Waals surface area (Å²) in [6, 6.07) is -0.0973. The van der Waals surface area contributed by atoms with Crippen LogP contribution in [-0.4, -0.2) is 152 Å². The van der Waals surface area contributed by atoms with Crippen LogP contribution < -0.4 is 5.32 Å². The van der Waals surface area contributed by atoms with Crippen molar-refractivity contribution in [2.45, 2.75) is 191 Å². The predicted molar refractivity (Wildman–Crippen MR) is 240 cm³/mol. The highest BCUT2D eigenvalue weighted by atomic mass is 16.7. The van der Waals surface area contributed by atoms with Crippen molar-refractivity contribution in [2.24, 2.45) is 23.7 Å². The molecule has 0 amide bonds. The molecule has 4 fully saturated rings. The maximum absolute atomic E-state index is 14.4. The van der Waals surface area contributed by atoms with Gasteiger partial charge in [0.25, 0.3) is 0 Å². The highest BCUT2D eigenvalue weighted by molar-refractivity contribution is 5.78. The lowest BCUT2D eigenvalue weighted by atomic mass is 9.71. The summed E-state index contributed by atoms with van der Waals surface area (Å²) in [5, 5.41) is 36.5. The quantitative estimate of drug-likeness (QED) is 0.161. The first kappa shape index (κ1) is 50.5. The van der Waals surface area contributed by atoms with E-state index in [1.165, 1.54) is 0 Å². The molecule has 4 saturated heterocycles. The van der Waals surface area contributed by atoms with Crippen LogP contribution in [0.1, 0.15) is 93.9 Å². The second-order valence-electron chi connectivity index (χ2n) is 19.7. The minimum Gasteiger partial charge on any atom is -0.462 e. The third kappa shape index (κ3) is 10.8. The third-order valence-electron chi connectivity index (χ3n) is 15.0. The van der Waals surface area contributed by atoms with Gasteiger partial charge in [0.05, 0.1) is 62.0 Å². The van der Waals surface area contributed by atoms with Crippen molar-refractivity contribution in [3.8, 4) is 0 Å². The van der Waals surface area contributed by atoms with Gasteiger partial charge >= 0.3 is 5.97 Å². The number of aliphatic hydroxyl groups is 3. The number of fused-ring (bicyclic) bond motifs is 2. The van der Waals surface area contributed by atoms with E-state index in [0.29, 0.717) is 49.8 Å². The monoisotopic (exact) mass is 916 g/mol. The molecule has 4 N–H and O–H groups in total. The van der Waals surface area contributed by atoms with Gasteiger partial charge in [0.1, 0.15) is 35.9 Å². The fraction of sp³-hybridized carbons (Fsp3) is 0.780. The second-order valence-corrected chi connectivity index (χ2v) is 19.7. The molecule has 65 heavy (non-hydrogen) atoms. The SMILES string of the molecule is CCC(C)[C@H]1O[C@]2(C=C[C@@H]1C)C[C@@H]1C[C@@H](C/C=C(\C)[C@@H](O[C@H]3C[C@H](OC)[C@@H](O[C@H]4C[C@H](OC)[C@H](NCCO)[C@H](C)O4)[C@H](C)O3)[C@@H](C)/C=C/C=C3\CO[C@@H]4[C@H](O)C(C)=C[C@@H](C(=O)O1)[C@]34O)O2. The first-order chi connectivity index (χ1) is 31.0. The average Bonchev–Trinajstić information content (AvgIpc) is 3.62. The van der Waals surface area contributed by atoms with Crippen molar-refractivity contribution in [3.63, 3.8) is 0 Å². The lowest BCUT2D eigenvalue weighted by molar-refractivity contribution is -0.312. The van der Waals surface area contributed by atoms with E-state index in [0.717, 1.165) is 12.0 Å². The molecule has 15 nitrogen and oxygen atoms in total. The fourth-order valence-electron chi connectivity index (χ4n) is 11.1. The topological polar surface area (TPSA) is 182 Å². The predicted octanol–water partition coefficient (Wildman–Crippen LogP) is 4.97. The summed E-state index contributed by atoms with van der Waals surface area (Å²) in [4.78, 5) is 14.4. The molecule has 6 aliphatic heterocycles. The molecular formula is C50H77NO14. The normalized spacial score (nSPS) is 47.4. The third-order valence-corrected chi connectivity index (χ3v) is 15.0. The Morgan fingerprint density at radius 1 is 0.923 bits per heavy atom. The van der Waals surface area contributed by atoms with Crippen molar-refractivity contribution in [3.05, 3.63) is 59.3 Å². The van der Waals surface area contributed by atoms with E-state index >= 15 is 0 Å². The van der Waals surface area contributed by atoms with Crippen LogP contribution >= 0.6 is 0 Å². The number of hydrogen-bond donors (Lipinski definition) is 4. The van der Waals surface area contributed by atoms with E-state index in [2.05, 4.69) is 45.2 Å². The lowest BCUT2D eigenvalue weighted by Gasteiger charge is -2.48. The zero-order valence-corrected chi connectivity index (χ0v) is 40.1. The van der Waals surface area contributed by atoms with Gasteiger partial charge in [-0.05, 0) is 62.8 Å². The number of carbonyl (C=O) groups excluding carboxylic acids is 1. The minimum atomic E-state index is -1.84. The van der Waals surface area contributed by atoms with Crippen molar-refractivity contribution in [1.29, 1.82) is 0 Å². The van der Waals surface area contributed by atoms with Crippen molar-refractivity contribution >= 4 is 5.97 Å². The average molecular weight is 916 g/mol. The molecule has 1 spiro atoms. The van der Waals surface area contributed by atoms with Gasteiger partial charge in [0.2, 0.25) is 0 Å². The highest BCUT2D eigenvalue weighted by Gasteiger charge is 2.60. The summed E-state index contributed by atoms with van der Waals surface area (Å²) in [5.74, 6) is -2.56. The Bertz CT molecular complexity index is 1780. The van der Waals surface area contributed by atoms with E-state index in [-0.39, 0.29) is 67.5 Å². The van der Waals surface area contributed by atoms with Crippen LogP contribution in [0.2, 0.25) is 0 Å². The Morgan fingerprint density at radius 2 is 1.65 bits per heavy atom. The Labute approximate surface area is 385 Å². The van der Waals surface area contributed by atoms with Crippen LogP contribution in [0.25, 0.3) is 0 Å². The van der Waals surface area contributed by atoms with Crippen LogP contribution in [0.5, 0.6) is 0 Å². The lowest BCUT2D eigenvalue weighted by Crippen LogP contribution is -2.58. The van der Waals surface area contributed by atoms with Crippen LogP contribution in [0, 0.1) is 23.7 Å². The number of rotatable bonds is 11. The summed E-state index contributed by atoms with van der Waals surface area (Å²) in [6.07, 6.45) is 10.1. The van der Waals surface area contributed by atoms with Gasteiger partial charge in [-0.15, -0.1) is 0 Å². The van der Waals surface area contributed by atoms with Gasteiger partial charge < -0.3 is 68.0 Å². The smallest absolute Gasteiger partial charge is 0.316 e. The van der Waals surface area contributed by atoms with Crippen LogP contribution in [0.3, 0.4) is 0 Å². The van der Waals surface area contributed by atoms with Crippen LogP contribution in [0.15, 0.2) is 59.3 Å². The fourth-order valence-corrected chi connectivity index (χ4v) is 11.1. The van der Waals surface area contributed by atoms with Crippen LogP contribution in [-0.2, 0) is 52.2 Å². The molecule has 2 bridgehead atoms. The van der Waals surface area contributed by atoms with Crippen molar-refractivity contribution in [1.82, 2.24) is 5.32 Å². The van der Waals surface area contributed by atoms with Gasteiger partial charge in [-0.3, -0.25) is 4.79 Å². The standard InChI is InChI=1S/C50H77NO14/c1-11-27(2)45-30(5)17-18-49(65-45)25-36-22-35(64-49)16-15-29(4)44(28(3)13-12-14-34-26-58-47-43(53)31(6)21-37(48(54)61-36)50(34,47)55)62-41-24-39(57-10)46(33(8)60-41)63-40-23-38(56-9)42(32(7)59-40)51-19-20-52/h12-15,17-18,21,27-28,30,32-33,35-47,51-53,55H,11,16,19-20,22-26H2,1-10H3/b13-12+,29-15+,34-14+/t27?,28-,30-,32-,33-,35+,36-,37-,38-,39-,40-,41-,42+,43+,44-,45+,46-,47+,49+,50+/m0/s1. The summed E-state index contributed by atoms with van der Waals surface area (Å²) >= 11 is 0. The molecule has 0 saturated carbocycles. The Hall–Kier alpha value is -2.35. The van der Waals surface area contributed by atoms with E-state index in [1.807, 2.05) is 39.0 Å². The van der Waals surface area contributed by atoms with Gasteiger partial charge in [-0.25, -0.2) is 0 Å². The van der Waals surface area contributed by atoms with Crippen molar-refractivity contribution in [2.75, 3.05) is 34.0 Å². The summed E-state index contributed by atoms with van der Waals surface area (Å²) in [6.45, 7) is 16.8. The molecule has 366 valence electrons. The maximum atomic E-state index is 14.4. The Morgan fingerprint density at radius 3 is 2.37 bits per heavy atom. The zero-order chi connectivity index (χ0) is 46.8. The number of aliphatic hydroxyl groups excluding tert-OH is 2. The largest absolute Gasteiger partial charge is 0.462 e. The number of ether oxygens (including phenoxy) is 10. The molecule has 20 atom stereocenters.